The van der Waals surface area contributed by atoms with Gasteiger partial charge in [0.05, 0.1) is 0 Å². The molecule has 2 aromatic heterocycles. The van der Waals surface area contributed by atoms with Crippen LogP contribution < -0.4 is 15.1 Å². The lowest BCUT2D eigenvalue weighted by atomic mass is 10.0. The van der Waals surface area contributed by atoms with E-state index in [1.807, 2.05) is 13.1 Å². The number of rotatable bonds is 6. The second-order valence-corrected chi connectivity index (χ2v) is 9.78. The number of nitrogens with zero attached hydrogens (tertiary/aromatic N) is 5. The molecule has 0 aliphatic carbocycles. The summed E-state index contributed by atoms with van der Waals surface area (Å²) >= 11 is 0. The second-order valence-electron chi connectivity index (χ2n) is 9.78. The van der Waals surface area contributed by atoms with Crippen LogP contribution in [0.25, 0.3) is 11.1 Å². The lowest BCUT2D eigenvalue weighted by molar-refractivity contribution is 0.706. The predicted octanol–water partition coefficient (Wildman–Crippen LogP) is 5.62. The first-order valence-corrected chi connectivity index (χ1v) is 12.9. The number of pyridine rings is 1. The van der Waals surface area contributed by atoms with E-state index in [0.717, 1.165) is 55.9 Å². The highest BCUT2D eigenvalue weighted by Crippen LogP contribution is 2.28. The van der Waals surface area contributed by atoms with Gasteiger partial charge in [-0.2, -0.15) is 9.97 Å². The molecular formula is C30H32N6. The van der Waals surface area contributed by atoms with Crippen LogP contribution in [-0.4, -0.2) is 34.6 Å². The molecule has 6 nitrogen and oxygen atoms in total. The number of hydrogen-bond acceptors (Lipinski definition) is 6. The van der Waals surface area contributed by atoms with Gasteiger partial charge in [0.15, 0.2) is 0 Å². The number of nitrogens with one attached hydrogen (secondary N) is 1. The fraction of sp³-hybridized carbons (Fsp3) is 0.300. The molecule has 0 saturated carbocycles. The molecule has 6 heteroatoms. The van der Waals surface area contributed by atoms with Gasteiger partial charge in [0.1, 0.15) is 11.6 Å². The van der Waals surface area contributed by atoms with E-state index in [1.165, 1.54) is 40.7 Å². The van der Waals surface area contributed by atoms with Gasteiger partial charge in [-0.25, -0.2) is 0 Å². The molecule has 1 saturated heterocycles. The minimum Gasteiger partial charge on any atom is -0.366 e. The van der Waals surface area contributed by atoms with Gasteiger partial charge >= 0.3 is 0 Å². The Hall–Kier alpha value is -3.93. The summed E-state index contributed by atoms with van der Waals surface area (Å²) in [6.45, 7) is 6.67. The minimum atomic E-state index is 0.717. The van der Waals surface area contributed by atoms with Crippen molar-refractivity contribution in [2.24, 2.45) is 0 Å². The smallest absolute Gasteiger partial charge is 0.229 e. The summed E-state index contributed by atoms with van der Waals surface area (Å²) in [5, 5.41) is 3.58. The van der Waals surface area contributed by atoms with E-state index < -0.39 is 0 Å². The predicted molar refractivity (Wildman–Crippen MR) is 146 cm³/mol. The Kier molecular flexibility index (Phi) is 6.24. The largest absolute Gasteiger partial charge is 0.366 e. The summed E-state index contributed by atoms with van der Waals surface area (Å²) in [5.74, 6) is 2.73. The third-order valence-corrected chi connectivity index (χ3v) is 7.20. The summed E-state index contributed by atoms with van der Waals surface area (Å²) < 4.78 is 0. The Balaban J connectivity index is 1.21. The highest BCUT2D eigenvalue weighted by molar-refractivity contribution is 5.64. The van der Waals surface area contributed by atoms with Gasteiger partial charge in [0.25, 0.3) is 0 Å². The van der Waals surface area contributed by atoms with Crippen LogP contribution in [0.1, 0.15) is 35.2 Å². The maximum absolute atomic E-state index is 5.01. The number of benzene rings is 2. The van der Waals surface area contributed by atoms with Crippen molar-refractivity contribution in [1.82, 2.24) is 15.0 Å². The molecule has 0 radical (unpaired) electrons. The van der Waals surface area contributed by atoms with Crippen LogP contribution in [0.15, 0.2) is 72.9 Å². The van der Waals surface area contributed by atoms with Crippen molar-refractivity contribution in [3.63, 3.8) is 0 Å². The molecule has 36 heavy (non-hydrogen) atoms. The average molecular weight is 477 g/mol. The minimum absolute atomic E-state index is 0.717. The van der Waals surface area contributed by atoms with Crippen molar-refractivity contribution in [2.75, 3.05) is 34.8 Å². The lowest BCUT2D eigenvalue weighted by Gasteiger charge is -2.30. The van der Waals surface area contributed by atoms with Gasteiger partial charge in [-0.1, -0.05) is 48.5 Å². The van der Waals surface area contributed by atoms with Crippen molar-refractivity contribution in [3.8, 4) is 11.1 Å². The SMILES string of the molecule is Cc1cc(-c2ccc(CNc3cc(N4CCCC4)nc(N4CCc5ccccc5C4)n3)cc2)ccn1. The molecule has 0 atom stereocenters. The molecule has 2 aromatic carbocycles. The third-order valence-electron chi connectivity index (χ3n) is 7.20. The maximum atomic E-state index is 5.01. The third kappa shape index (κ3) is 4.89. The van der Waals surface area contributed by atoms with Gasteiger partial charge in [-0.3, -0.25) is 4.98 Å². The molecule has 4 heterocycles. The number of aryl methyl sites for hydroxylation is 1. The van der Waals surface area contributed by atoms with Crippen LogP contribution in [0.5, 0.6) is 0 Å². The van der Waals surface area contributed by atoms with E-state index in [1.54, 1.807) is 0 Å². The fourth-order valence-corrected chi connectivity index (χ4v) is 5.16. The van der Waals surface area contributed by atoms with Crippen molar-refractivity contribution < 1.29 is 0 Å². The Bertz CT molecular complexity index is 1340. The normalized spacial score (nSPS) is 15.1. The topological polar surface area (TPSA) is 57.2 Å². The van der Waals surface area contributed by atoms with Crippen LogP contribution in [-0.2, 0) is 19.5 Å². The van der Waals surface area contributed by atoms with E-state index in [2.05, 4.69) is 86.8 Å². The Labute approximate surface area is 213 Å². The van der Waals surface area contributed by atoms with Crippen LogP contribution in [0, 0.1) is 6.92 Å². The van der Waals surface area contributed by atoms with E-state index in [9.17, 15) is 0 Å². The first-order valence-electron chi connectivity index (χ1n) is 12.9. The van der Waals surface area contributed by atoms with E-state index >= 15 is 0 Å². The average Bonchev–Trinajstić information content (AvgIpc) is 3.47. The molecule has 2 aliphatic rings. The van der Waals surface area contributed by atoms with Crippen molar-refractivity contribution >= 4 is 17.6 Å². The van der Waals surface area contributed by atoms with Crippen molar-refractivity contribution in [1.29, 1.82) is 0 Å². The Morgan fingerprint density at radius 1 is 0.806 bits per heavy atom. The summed E-state index contributed by atoms with van der Waals surface area (Å²) in [6, 6.07) is 23.7. The molecule has 0 amide bonds. The van der Waals surface area contributed by atoms with E-state index in [0.29, 0.717) is 6.54 Å². The molecule has 0 spiro atoms. The van der Waals surface area contributed by atoms with E-state index in [-0.39, 0.29) is 0 Å². The summed E-state index contributed by atoms with van der Waals surface area (Å²) in [7, 11) is 0. The van der Waals surface area contributed by atoms with Crippen LogP contribution in [0.2, 0.25) is 0 Å². The number of aromatic nitrogens is 3. The number of hydrogen-bond donors (Lipinski definition) is 1. The zero-order valence-electron chi connectivity index (χ0n) is 20.8. The van der Waals surface area contributed by atoms with Gasteiger partial charge in [0, 0.05) is 50.7 Å². The molecule has 4 aromatic rings. The van der Waals surface area contributed by atoms with Crippen LogP contribution in [0.4, 0.5) is 17.6 Å². The molecule has 0 bridgehead atoms. The molecule has 0 unspecified atom stereocenters. The Morgan fingerprint density at radius 2 is 1.61 bits per heavy atom. The van der Waals surface area contributed by atoms with Crippen molar-refractivity contribution in [2.45, 2.75) is 39.3 Å². The zero-order chi connectivity index (χ0) is 24.3. The summed E-state index contributed by atoms with van der Waals surface area (Å²) in [4.78, 5) is 19.0. The lowest BCUT2D eigenvalue weighted by Crippen LogP contribution is -2.32. The first kappa shape index (κ1) is 22.5. The second kappa shape index (κ2) is 9.97. The van der Waals surface area contributed by atoms with Gasteiger partial charge in [0.2, 0.25) is 5.95 Å². The molecule has 2 aliphatic heterocycles. The number of fused-ring (bicyclic) bond motifs is 1. The van der Waals surface area contributed by atoms with E-state index in [4.69, 9.17) is 9.97 Å². The van der Waals surface area contributed by atoms with Gasteiger partial charge < -0.3 is 15.1 Å². The van der Waals surface area contributed by atoms with Crippen LogP contribution in [0.3, 0.4) is 0 Å². The number of anilines is 3. The molecule has 1 N–H and O–H groups in total. The highest BCUT2D eigenvalue weighted by Gasteiger charge is 2.21. The quantitative estimate of drug-likeness (QED) is 0.390. The summed E-state index contributed by atoms with van der Waals surface area (Å²) in [5.41, 5.74) is 7.46. The zero-order valence-corrected chi connectivity index (χ0v) is 20.8. The fourth-order valence-electron chi connectivity index (χ4n) is 5.16. The van der Waals surface area contributed by atoms with Gasteiger partial charge in [-0.15, -0.1) is 0 Å². The highest BCUT2D eigenvalue weighted by atomic mass is 15.3. The molecule has 1 fully saturated rings. The van der Waals surface area contributed by atoms with Crippen molar-refractivity contribution in [3.05, 3.63) is 95.3 Å². The standard InChI is InChI=1S/C30H32N6/c1-22-18-26(12-14-31-22)25-10-8-23(9-11-25)20-32-28-19-29(35-15-4-5-16-35)34-30(33-28)36-17-13-24-6-2-3-7-27(24)21-36/h2-3,6-12,14,18-19H,4-5,13,15-17,20-21H2,1H3,(H,32,33,34). The first-order chi connectivity index (χ1) is 17.7. The van der Waals surface area contributed by atoms with Crippen LogP contribution >= 0.6 is 0 Å². The molecule has 182 valence electrons. The molecule has 6 rings (SSSR count). The summed E-state index contributed by atoms with van der Waals surface area (Å²) in [6.07, 6.45) is 5.34. The Morgan fingerprint density at radius 3 is 2.42 bits per heavy atom. The maximum Gasteiger partial charge on any atom is 0.229 e. The monoisotopic (exact) mass is 476 g/mol. The molecular weight excluding hydrogens is 444 g/mol. The van der Waals surface area contributed by atoms with Gasteiger partial charge in [-0.05, 0) is 66.1 Å².